The Morgan fingerprint density at radius 2 is 2.00 bits per heavy atom. The van der Waals surface area contributed by atoms with E-state index >= 15 is 0 Å². The molecule has 20 heavy (non-hydrogen) atoms. The number of rotatable bonds is 4. The van der Waals surface area contributed by atoms with Gasteiger partial charge in [-0.3, -0.25) is 0 Å². The molecule has 2 rings (SSSR count). The lowest BCUT2D eigenvalue weighted by Gasteiger charge is -2.26. The summed E-state index contributed by atoms with van der Waals surface area (Å²) >= 11 is 5.96. The number of carbonyl (C=O) groups is 1. The minimum Gasteiger partial charge on any atom is -0.391 e. The Hall–Kier alpha value is -1.26. The Balaban J connectivity index is 1.76. The number of urea groups is 1. The minimum atomic E-state index is -0.465. The van der Waals surface area contributed by atoms with Crippen molar-refractivity contribution in [3.8, 4) is 0 Å². The molecule has 1 aromatic rings. The number of para-hydroxylation sites is 1. The highest BCUT2D eigenvalue weighted by atomic mass is 35.5. The van der Waals surface area contributed by atoms with Gasteiger partial charge in [-0.15, -0.1) is 0 Å². The van der Waals surface area contributed by atoms with E-state index in [9.17, 15) is 9.90 Å². The van der Waals surface area contributed by atoms with Crippen LogP contribution in [0.25, 0.3) is 0 Å². The van der Waals surface area contributed by atoms with Gasteiger partial charge in [-0.2, -0.15) is 0 Å². The van der Waals surface area contributed by atoms with E-state index in [0.29, 0.717) is 16.6 Å². The maximum Gasteiger partial charge on any atom is 0.319 e. The molecule has 3 N–H and O–H groups in total. The summed E-state index contributed by atoms with van der Waals surface area (Å²) in [6.45, 7) is 0.279. The highest BCUT2D eigenvalue weighted by molar-refractivity contribution is 6.33. The van der Waals surface area contributed by atoms with E-state index < -0.39 is 6.10 Å². The van der Waals surface area contributed by atoms with Crippen molar-refractivity contribution in [1.82, 2.24) is 5.32 Å². The molecule has 4 nitrogen and oxygen atoms in total. The highest BCUT2D eigenvalue weighted by Crippen LogP contribution is 2.26. The van der Waals surface area contributed by atoms with Gasteiger partial charge in [-0.25, -0.2) is 4.79 Å². The smallest absolute Gasteiger partial charge is 0.319 e. The summed E-state index contributed by atoms with van der Waals surface area (Å²) in [5.74, 6) is 0.310. The number of benzene rings is 1. The van der Waals surface area contributed by atoms with Gasteiger partial charge in [0.15, 0.2) is 0 Å². The number of hydrogen-bond donors (Lipinski definition) is 3. The zero-order valence-electron chi connectivity index (χ0n) is 11.4. The van der Waals surface area contributed by atoms with Gasteiger partial charge in [-0.1, -0.05) is 43.0 Å². The fourth-order valence-corrected chi connectivity index (χ4v) is 2.79. The fraction of sp³-hybridized carbons (Fsp3) is 0.533. The predicted molar refractivity (Wildman–Crippen MR) is 81.1 cm³/mol. The number of carbonyl (C=O) groups excluding carboxylic acids is 1. The molecule has 0 radical (unpaired) electrons. The topological polar surface area (TPSA) is 61.4 Å². The van der Waals surface area contributed by atoms with Crippen LogP contribution in [0.2, 0.25) is 5.02 Å². The molecule has 1 aliphatic carbocycles. The van der Waals surface area contributed by atoms with E-state index in [4.69, 9.17) is 11.6 Å². The van der Waals surface area contributed by atoms with Gasteiger partial charge < -0.3 is 15.7 Å². The Bertz CT molecular complexity index is 447. The second-order valence-corrected chi connectivity index (χ2v) is 5.69. The quantitative estimate of drug-likeness (QED) is 0.797. The summed E-state index contributed by atoms with van der Waals surface area (Å²) in [6, 6.07) is 6.72. The Labute approximate surface area is 124 Å². The van der Waals surface area contributed by atoms with Gasteiger partial charge in [-0.05, 0) is 30.9 Å². The van der Waals surface area contributed by atoms with Gasteiger partial charge >= 0.3 is 6.03 Å². The first kappa shape index (κ1) is 15.1. The van der Waals surface area contributed by atoms with Crippen LogP contribution >= 0.6 is 11.6 Å². The van der Waals surface area contributed by atoms with Crippen molar-refractivity contribution in [2.45, 2.75) is 38.2 Å². The summed E-state index contributed by atoms with van der Waals surface area (Å²) in [5, 5.41) is 15.9. The zero-order valence-corrected chi connectivity index (χ0v) is 12.2. The number of anilines is 1. The molecule has 0 bridgehead atoms. The van der Waals surface area contributed by atoms with Gasteiger partial charge in [0.2, 0.25) is 0 Å². The molecule has 1 aromatic carbocycles. The molecule has 110 valence electrons. The van der Waals surface area contributed by atoms with Crippen LogP contribution in [0.15, 0.2) is 24.3 Å². The monoisotopic (exact) mass is 296 g/mol. The Morgan fingerprint density at radius 1 is 1.30 bits per heavy atom. The normalized spacial score (nSPS) is 17.5. The second kappa shape index (κ2) is 7.50. The average Bonchev–Trinajstić information content (AvgIpc) is 2.48. The summed E-state index contributed by atoms with van der Waals surface area (Å²) < 4.78 is 0. The third-order valence-corrected chi connectivity index (χ3v) is 4.12. The van der Waals surface area contributed by atoms with Crippen LogP contribution in [-0.4, -0.2) is 23.8 Å². The number of aliphatic hydroxyl groups is 1. The number of nitrogens with one attached hydrogen (secondary N) is 2. The first-order chi connectivity index (χ1) is 9.66. The molecular formula is C15H21ClN2O2. The number of aliphatic hydroxyl groups excluding tert-OH is 1. The third kappa shape index (κ3) is 4.39. The SMILES string of the molecule is O=C(NC[C@H](O)C1CCCCC1)Nc1ccccc1Cl. The molecule has 0 aromatic heterocycles. The van der Waals surface area contributed by atoms with E-state index in [0.717, 1.165) is 12.8 Å². The molecule has 1 atom stereocenters. The molecule has 5 heteroatoms. The molecule has 2 amide bonds. The van der Waals surface area contributed by atoms with Crippen molar-refractivity contribution >= 4 is 23.3 Å². The fourth-order valence-electron chi connectivity index (χ4n) is 2.61. The van der Waals surface area contributed by atoms with Crippen LogP contribution in [-0.2, 0) is 0 Å². The molecular weight excluding hydrogens is 276 g/mol. The summed E-state index contributed by atoms with van der Waals surface area (Å²) in [6.07, 6.45) is 5.24. The van der Waals surface area contributed by atoms with Crippen molar-refractivity contribution in [2.75, 3.05) is 11.9 Å². The Kier molecular flexibility index (Phi) is 5.68. The first-order valence-corrected chi connectivity index (χ1v) is 7.52. The minimum absolute atomic E-state index is 0.279. The summed E-state index contributed by atoms with van der Waals surface area (Å²) in [5.41, 5.74) is 0.568. The van der Waals surface area contributed by atoms with Gasteiger partial charge in [0, 0.05) is 6.54 Å². The molecule has 0 spiro atoms. The molecule has 1 fully saturated rings. The van der Waals surface area contributed by atoms with Crippen LogP contribution in [0.3, 0.4) is 0 Å². The van der Waals surface area contributed by atoms with Crippen molar-refractivity contribution < 1.29 is 9.90 Å². The zero-order chi connectivity index (χ0) is 14.4. The van der Waals surface area contributed by atoms with Crippen LogP contribution in [0.1, 0.15) is 32.1 Å². The molecule has 0 unspecified atom stereocenters. The Morgan fingerprint density at radius 3 is 2.70 bits per heavy atom. The molecule has 0 saturated heterocycles. The van der Waals surface area contributed by atoms with Crippen LogP contribution < -0.4 is 10.6 Å². The lowest BCUT2D eigenvalue weighted by molar-refractivity contribution is 0.0863. The number of amides is 2. The van der Waals surface area contributed by atoms with Crippen LogP contribution in [0.4, 0.5) is 10.5 Å². The lowest BCUT2D eigenvalue weighted by Crippen LogP contribution is -2.39. The van der Waals surface area contributed by atoms with Crippen LogP contribution in [0, 0.1) is 5.92 Å². The van der Waals surface area contributed by atoms with Gasteiger partial charge in [0.05, 0.1) is 16.8 Å². The predicted octanol–water partition coefficient (Wildman–Crippen LogP) is 3.40. The summed E-state index contributed by atoms with van der Waals surface area (Å²) in [7, 11) is 0. The van der Waals surface area contributed by atoms with E-state index in [1.807, 2.05) is 0 Å². The van der Waals surface area contributed by atoms with E-state index in [2.05, 4.69) is 10.6 Å². The first-order valence-electron chi connectivity index (χ1n) is 7.14. The third-order valence-electron chi connectivity index (χ3n) is 3.79. The van der Waals surface area contributed by atoms with E-state index in [-0.39, 0.29) is 12.6 Å². The van der Waals surface area contributed by atoms with E-state index in [1.165, 1.54) is 19.3 Å². The van der Waals surface area contributed by atoms with Crippen molar-refractivity contribution in [3.63, 3.8) is 0 Å². The molecule has 1 saturated carbocycles. The van der Waals surface area contributed by atoms with Crippen molar-refractivity contribution in [2.24, 2.45) is 5.92 Å². The van der Waals surface area contributed by atoms with Crippen molar-refractivity contribution in [3.05, 3.63) is 29.3 Å². The van der Waals surface area contributed by atoms with Crippen LogP contribution in [0.5, 0.6) is 0 Å². The van der Waals surface area contributed by atoms with Crippen molar-refractivity contribution in [1.29, 1.82) is 0 Å². The number of halogens is 1. The summed E-state index contributed by atoms with van der Waals surface area (Å²) in [4.78, 5) is 11.8. The number of hydrogen-bond acceptors (Lipinski definition) is 2. The lowest BCUT2D eigenvalue weighted by atomic mass is 9.85. The van der Waals surface area contributed by atoms with E-state index in [1.54, 1.807) is 24.3 Å². The standard InChI is InChI=1S/C15H21ClN2O2/c16-12-8-4-5-9-13(12)18-15(20)17-10-14(19)11-6-2-1-3-7-11/h4-5,8-9,11,14,19H,1-3,6-7,10H2,(H2,17,18,20)/t14-/m0/s1. The maximum absolute atomic E-state index is 11.8. The van der Waals surface area contributed by atoms with Gasteiger partial charge in [0.1, 0.15) is 0 Å². The molecule has 0 aliphatic heterocycles. The highest BCUT2D eigenvalue weighted by Gasteiger charge is 2.21. The maximum atomic E-state index is 11.8. The average molecular weight is 297 g/mol. The second-order valence-electron chi connectivity index (χ2n) is 5.28. The largest absolute Gasteiger partial charge is 0.391 e. The molecule has 1 aliphatic rings. The van der Waals surface area contributed by atoms with Gasteiger partial charge in [0.25, 0.3) is 0 Å². The molecule has 0 heterocycles.